The van der Waals surface area contributed by atoms with Crippen molar-refractivity contribution in [3.05, 3.63) is 17.0 Å². The van der Waals surface area contributed by atoms with E-state index in [2.05, 4.69) is 5.10 Å². The highest BCUT2D eigenvalue weighted by molar-refractivity contribution is 5.66. The van der Waals surface area contributed by atoms with Crippen LogP contribution in [-0.4, -0.2) is 20.9 Å². The van der Waals surface area contributed by atoms with E-state index in [1.165, 1.54) is 5.56 Å². The second kappa shape index (κ2) is 4.25. The zero-order valence-corrected chi connectivity index (χ0v) is 9.44. The maximum absolute atomic E-state index is 10.5. The molecule has 0 radical (unpaired) electrons. The number of nitrogens with zero attached hydrogens (tertiary/aromatic N) is 2. The van der Waals surface area contributed by atoms with Crippen molar-refractivity contribution >= 4 is 5.97 Å². The Morgan fingerprint density at radius 2 is 2.38 bits per heavy atom. The summed E-state index contributed by atoms with van der Waals surface area (Å²) < 4.78 is 1.82. The highest BCUT2D eigenvalue weighted by Crippen LogP contribution is 2.29. The molecule has 16 heavy (non-hydrogen) atoms. The number of hydrogen-bond donors (Lipinski definition) is 2. The fourth-order valence-corrected chi connectivity index (χ4v) is 2.42. The van der Waals surface area contributed by atoms with Crippen LogP contribution in [0.15, 0.2) is 0 Å². The molecule has 2 rings (SSSR count). The maximum Gasteiger partial charge on any atom is 0.303 e. The molecule has 1 aliphatic rings. The molecule has 1 unspecified atom stereocenters. The summed E-state index contributed by atoms with van der Waals surface area (Å²) in [5.74, 6) is -0.797. The molecule has 5 heteroatoms. The lowest BCUT2D eigenvalue weighted by Gasteiger charge is -2.12. The molecule has 0 aliphatic heterocycles. The van der Waals surface area contributed by atoms with Crippen LogP contribution in [0.3, 0.4) is 0 Å². The van der Waals surface area contributed by atoms with E-state index in [0.29, 0.717) is 6.42 Å². The van der Waals surface area contributed by atoms with Crippen LogP contribution in [-0.2, 0) is 24.7 Å². The summed E-state index contributed by atoms with van der Waals surface area (Å²) >= 11 is 0. The van der Waals surface area contributed by atoms with Crippen LogP contribution in [0, 0.1) is 0 Å². The van der Waals surface area contributed by atoms with Crippen molar-refractivity contribution in [3.8, 4) is 0 Å². The number of hydrogen-bond acceptors (Lipinski definition) is 3. The fourth-order valence-electron chi connectivity index (χ4n) is 2.42. The molecule has 1 atom stereocenters. The molecule has 1 aliphatic carbocycles. The Bertz CT molecular complexity index is 412. The monoisotopic (exact) mass is 223 g/mol. The van der Waals surface area contributed by atoms with Gasteiger partial charge in [-0.15, -0.1) is 0 Å². The molecule has 0 aromatic carbocycles. The van der Waals surface area contributed by atoms with Gasteiger partial charge in [-0.25, -0.2) is 0 Å². The molecule has 1 aromatic rings. The molecular weight excluding hydrogens is 206 g/mol. The average Bonchev–Trinajstić information content (AvgIpc) is 2.73. The normalized spacial score (nSPS) is 16.1. The van der Waals surface area contributed by atoms with Crippen LogP contribution >= 0.6 is 0 Å². The van der Waals surface area contributed by atoms with Gasteiger partial charge in [0, 0.05) is 19.5 Å². The van der Waals surface area contributed by atoms with E-state index in [4.69, 9.17) is 10.8 Å². The van der Waals surface area contributed by atoms with Gasteiger partial charge in [0.25, 0.3) is 0 Å². The van der Waals surface area contributed by atoms with Crippen LogP contribution in [0.4, 0.5) is 0 Å². The third-order valence-corrected chi connectivity index (χ3v) is 3.14. The standard InChI is InChI=1S/C11H17N3O2/c1-14-11(8(12)5-6-10(15)16)7-3-2-4-9(7)13-14/h8H,2-6,12H2,1H3,(H,15,16). The number of aromatic nitrogens is 2. The van der Waals surface area contributed by atoms with E-state index in [1.807, 2.05) is 11.7 Å². The van der Waals surface area contributed by atoms with Crippen molar-refractivity contribution in [3.63, 3.8) is 0 Å². The van der Waals surface area contributed by atoms with Crippen molar-refractivity contribution in [1.82, 2.24) is 9.78 Å². The first kappa shape index (κ1) is 11.1. The molecule has 0 amide bonds. The summed E-state index contributed by atoms with van der Waals surface area (Å²) in [5.41, 5.74) is 9.45. The third kappa shape index (κ3) is 1.95. The highest BCUT2D eigenvalue weighted by atomic mass is 16.4. The predicted octanol–water partition coefficient (Wildman–Crippen LogP) is 0.773. The Labute approximate surface area is 94.2 Å². The molecule has 0 bridgehead atoms. The van der Waals surface area contributed by atoms with Crippen LogP contribution in [0.2, 0.25) is 0 Å². The zero-order valence-electron chi connectivity index (χ0n) is 9.44. The number of aryl methyl sites for hydroxylation is 2. The molecule has 0 spiro atoms. The summed E-state index contributed by atoms with van der Waals surface area (Å²) in [6, 6.07) is -0.213. The van der Waals surface area contributed by atoms with Crippen LogP contribution in [0.1, 0.15) is 42.3 Å². The predicted molar refractivity (Wildman–Crippen MR) is 59.0 cm³/mol. The second-order valence-electron chi connectivity index (χ2n) is 4.33. The molecule has 5 nitrogen and oxygen atoms in total. The van der Waals surface area contributed by atoms with Gasteiger partial charge in [0.1, 0.15) is 0 Å². The Hall–Kier alpha value is -1.36. The molecule has 1 aromatic heterocycles. The van der Waals surface area contributed by atoms with Crippen molar-refractivity contribution in [1.29, 1.82) is 0 Å². The summed E-state index contributed by atoms with van der Waals surface area (Å²) in [6.45, 7) is 0. The van der Waals surface area contributed by atoms with Gasteiger partial charge in [-0.2, -0.15) is 5.10 Å². The molecular formula is C11H17N3O2. The van der Waals surface area contributed by atoms with Crippen LogP contribution < -0.4 is 5.73 Å². The smallest absolute Gasteiger partial charge is 0.303 e. The fraction of sp³-hybridized carbons (Fsp3) is 0.636. The maximum atomic E-state index is 10.5. The summed E-state index contributed by atoms with van der Waals surface area (Å²) in [6.07, 6.45) is 3.77. The SMILES string of the molecule is Cn1nc2c(c1C(N)CCC(=O)O)CCC2. The molecule has 88 valence electrons. The first-order valence-electron chi connectivity index (χ1n) is 5.61. The van der Waals surface area contributed by atoms with E-state index < -0.39 is 5.97 Å². The van der Waals surface area contributed by atoms with Gasteiger partial charge in [0.2, 0.25) is 0 Å². The van der Waals surface area contributed by atoms with Gasteiger partial charge in [-0.1, -0.05) is 0 Å². The van der Waals surface area contributed by atoms with Crippen molar-refractivity contribution in [2.24, 2.45) is 12.8 Å². The van der Waals surface area contributed by atoms with Gasteiger partial charge in [-0.05, 0) is 31.2 Å². The molecule has 0 fully saturated rings. The molecule has 0 saturated heterocycles. The minimum Gasteiger partial charge on any atom is -0.481 e. The number of aliphatic carboxylic acids is 1. The first-order chi connectivity index (χ1) is 7.59. The van der Waals surface area contributed by atoms with Gasteiger partial charge in [0.05, 0.1) is 11.4 Å². The number of carbonyl (C=O) groups is 1. The Kier molecular flexibility index (Phi) is 2.96. The number of rotatable bonds is 4. The van der Waals surface area contributed by atoms with E-state index in [-0.39, 0.29) is 12.5 Å². The lowest BCUT2D eigenvalue weighted by atomic mass is 10.0. The third-order valence-electron chi connectivity index (χ3n) is 3.14. The van der Waals surface area contributed by atoms with E-state index in [1.54, 1.807) is 0 Å². The summed E-state index contributed by atoms with van der Waals surface area (Å²) in [4.78, 5) is 10.5. The quantitative estimate of drug-likeness (QED) is 0.790. The van der Waals surface area contributed by atoms with Crippen molar-refractivity contribution in [2.75, 3.05) is 0 Å². The highest BCUT2D eigenvalue weighted by Gasteiger charge is 2.24. The van der Waals surface area contributed by atoms with Gasteiger partial charge >= 0.3 is 5.97 Å². The Balaban J connectivity index is 2.16. The van der Waals surface area contributed by atoms with Gasteiger partial charge in [-0.3, -0.25) is 9.48 Å². The van der Waals surface area contributed by atoms with E-state index in [9.17, 15) is 4.79 Å². The van der Waals surface area contributed by atoms with Gasteiger partial charge < -0.3 is 10.8 Å². The first-order valence-corrected chi connectivity index (χ1v) is 5.61. The zero-order chi connectivity index (χ0) is 11.7. The van der Waals surface area contributed by atoms with E-state index in [0.717, 1.165) is 30.7 Å². The Morgan fingerprint density at radius 3 is 3.06 bits per heavy atom. The second-order valence-corrected chi connectivity index (χ2v) is 4.33. The Morgan fingerprint density at radius 1 is 1.62 bits per heavy atom. The minimum absolute atomic E-state index is 0.112. The van der Waals surface area contributed by atoms with Crippen LogP contribution in [0.5, 0.6) is 0 Å². The summed E-state index contributed by atoms with van der Waals surface area (Å²) in [7, 11) is 1.88. The van der Waals surface area contributed by atoms with Crippen molar-refractivity contribution < 1.29 is 9.90 Å². The lowest BCUT2D eigenvalue weighted by Crippen LogP contribution is -2.17. The molecule has 1 heterocycles. The van der Waals surface area contributed by atoms with Crippen LogP contribution in [0.25, 0.3) is 0 Å². The average molecular weight is 223 g/mol. The number of fused-ring (bicyclic) bond motifs is 1. The lowest BCUT2D eigenvalue weighted by molar-refractivity contribution is -0.137. The summed E-state index contributed by atoms with van der Waals surface area (Å²) in [5, 5.41) is 13.1. The minimum atomic E-state index is -0.797. The van der Waals surface area contributed by atoms with Gasteiger partial charge in [0.15, 0.2) is 0 Å². The number of nitrogens with two attached hydrogens (primary N) is 1. The number of carboxylic acids is 1. The van der Waals surface area contributed by atoms with Crippen molar-refractivity contribution in [2.45, 2.75) is 38.1 Å². The molecule has 3 N–H and O–H groups in total. The van der Waals surface area contributed by atoms with E-state index >= 15 is 0 Å². The topological polar surface area (TPSA) is 81.1 Å². The molecule has 0 saturated carbocycles. The largest absolute Gasteiger partial charge is 0.481 e. The number of carboxylic acid groups (broad SMARTS) is 1.